The lowest BCUT2D eigenvalue weighted by molar-refractivity contribution is 0.0736. The number of hydrogen-bond donors (Lipinski definition) is 0. The summed E-state index contributed by atoms with van der Waals surface area (Å²) in [6.45, 7) is 0. The molecule has 0 unspecified atom stereocenters. The smallest absolute Gasteiger partial charge is 0.266 e. The lowest BCUT2D eigenvalue weighted by Crippen LogP contribution is -2.27. The van der Waals surface area contributed by atoms with E-state index >= 15 is 0 Å². The van der Waals surface area contributed by atoms with E-state index in [1.54, 1.807) is 29.3 Å². The van der Waals surface area contributed by atoms with Crippen LogP contribution in [0.4, 0.5) is 0 Å². The normalized spacial score (nSPS) is 15.0. The highest BCUT2D eigenvalue weighted by molar-refractivity contribution is 9.11. The van der Waals surface area contributed by atoms with Crippen LogP contribution in [0.2, 0.25) is 0 Å². The Morgan fingerprint density at radius 3 is 2.16 bits per heavy atom. The van der Waals surface area contributed by atoms with Crippen LogP contribution in [0.15, 0.2) is 46.8 Å². The summed E-state index contributed by atoms with van der Waals surface area (Å²) in [4.78, 5) is 28.4. The van der Waals surface area contributed by atoms with E-state index < -0.39 is 0 Å². The third-order valence-corrected chi connectivity index (χ3v) is 4.24. The lowest BCUT2D eigenvalue weighted by Gasteiger charge is -2.15. The van der Waals surface area contributed by atoms with Crippen LogP contribution in [0.5, 0.6) is 0 Å². The molecule has 0 N–H and O–H groups in total. The molecule has 1 aromatic carbocycles. The Kier molecular flexibility index (Phi) is 3.08. The maximum Gasteiger partial charge on any atom is 0.266 e. The molecule has 0 saturated carbocycles. The van der Waals surface area contributed by atoms with Gasteiger partial charge in [0, 0.05) is 4.99 Å². The van der Waals surface area contributed by atoms with Crippen molar-refractivity contribution in [1.82, 2.24) is 4.90 Å². The number of benzene rings is 1. The van der Waals surface area contributed by atoms with Crippen molar-refractivity contribution in [3.63, 3.8) is 0 Å². The van der Waals surface area contributed by atoms with E-state index in [4.69, 9.17) is 0 Å². The summed E-state index contributed by atoms with van der Waals surface area (Å²) in [7, 11) is 0. The molecule has 94 valence electrons. The third-order valence-electron chi connectivity index (χ3n) is 2.91. The maximum absolute atomic E-state index is 12.4. The molecule has 0 aliphatic carbocycles. The molecular formula is C14H8BrNO2S. The molecule has 2 amide bonds. The number of fused-ring (bicyclic) bond motifs is 1. The average Bonchev–Trinajstić information content (AvgIpc) is 3.04. The number of hydrogen-bond acceptors (Lipinski definition) is 3. The Hall–Kier alpha value is -1.72. The fraction of sp³-hybridized carbons (Fsp3) is 0. The predicted octanol–water partition coefficient (Wildman–Crippen LogP) is 3.74. The van der Waals surface area contributed by atoms with Crippen molar-refractivity contribution in [3.8, 4) is 0 Å². The molecule has 3 rings (SSSR count). The summed E-state index contributed by atoms with van der Waals surface area (Å²) in [5.74, 6) is -0.556. The van der Waals surface area contributed by atoms with Gasteiger partial charge in [0.05, 0.1) is 21.7 Å². The van der Waals surface area contributed by atoms with Crippen molar-refractivity contribution in [2.24, 2.45) is 0 Å². The van der Waals surface area contributed by atoms with Crippen molar-refractivity contribution in [2.45, 2.75) is 0 Å². The minimum absolute atomic E-state index is 0.278. The summed E-state index contributed by atoms with van der Waals surface area (Å²) in [6, 6.07) is 10.6. The second-order valence-corrected chi connectivity index (χ2v) is 5.37. The van der Waals surface area contributed by atoms with Gasteiger partial charge in [-0.1, -0.05) is 34.1 Å². The van der Waals surface area contributed by atoms with Gasteiger partial charge in [-0.15, -0.1) is 11.3 Å². The molecule has 1 aromatic heterocycles. The topological polar surface area (TPSA) is 37.4 Å². The molecule has 0 fully saturated rings. The minimum atomic E-state index is -0.278. The Labute approximate surface area is 122 Å². The molecule has 0 spiro atoms. The van der Waals surface area contributed by atoms with Gasteiger partial charge in [-0.25, -0.2) is 4.90 Å². The minimum Gasteiger partial charge on any atom is -0.268 e. The van der Waals surface area contributed by atoms with Crippen LogP contribution in [0.25, 0.3) is 5.70 Å². The van der Waals surface area contributed by atoms with E-state index in [1.807, 2.05) is 17.5 Å². The summed E-state index contributed by atoms with van der Waals surface area (Å²) in [6.07, 6.45) is 0. The Bertz CT molecular complexity index is 656. The molecule has 3 nitrogen and oxygen atoms in total. The van der Waals surface area contributed by atoms with E-state index in [0.717, 1.165) is 4.88 Å². The number of amides is 2. The zero-order valence-electron chi connectivity index (χ0n) is 9.67. The number of imide groups is 1. The zero-order valence-corrected chi connectivity index (χ0v) is 12.1. The van der Waals surface area contributed by atoms with Crippen LogP contribution in [-0.4, -0.2) is 16.7 Å². The molecule has 0 atom stereocenters. The van der Waals surface area contributed by atoms with Crippen LogP contribution in [0.3, 0.4) is 0 Å². The standard InChI is InChI=1S/C14H8BrNO2S/c15-8-11(12-6-3-7-19-12)16-13(17)9-4-1-2-5-10(9)14(16)18/h1-8H/b11-8-. The molecule has 2 heterocycles. The highest BCUT2D eigenvalue weighted by Crippen LogP contribution is 2.33. The monoisotopic (exact) mass is 333 g/mol. The first kappa shape index (κ1) is 12.3. The van der Waals surface area contributed by atoms with Gasteiger partial charge < -0.3 is 0 Å². The van der Waals surface area contributed by atoms with Gasteiger partial charge in [0.15, 0.2) is 0 Å². The van der Waals surface area contributed by atoms with Crippen LogP contribution in [-0.2, 0) is 0 Å². The van der Waals surface area contributed by atoms with Gasteiger partial charge in [0.2, 0.25) is 0 Å². The first-order chi connectivity index (χ1) is 9.24. The summed E-state index contributed by atoms with van der Waals surface area (Å²) in [5, 5.41) is 1.91. The summed E-state index contributed by atoms with van der Waals surface area (Å²) in [5.41, 5.74) is 1.48. The summed E-state index contributed by atoms with van der Waals surface area (Å²) < 4.78 is 0. The fourth-order valence-electron chi connectivity index (χ4n) is 2.05. The molecule has 1 aliphatic rings. The number of rotatable bonds is 2. The predicted molar refractivity (Wildman–Crippen MR) is 78.2 cm³/mol. The quantitative estimate of drug-likeness (QED) is 0.785. The zero-order chi connectivity index (χ0) is 13.4. The van der Waals surface area contributed by atoms with Crippen molar-refractivity contribution in [1.29, 1.82) is 0 Å². The van der Waals surface area contributed by atoms with E-state index in [-0.39, 0.29) is 11.8 Å². The van der Waals surface area contributed by atoms with Crippen molar-refractivity contribution >= 4 is 44.8 Å². The van der Waals surface area contributed by atoms with Crippen LogP contribution >= 0.6 is 27.3 Å². The average molecular weight is 334 g/mol. The van der Waals surface area contributed by atoms with Crippen molar-refractivity contribution < 1.29 is 9.59 Å². The number of carbonyl (C=O) groups is 2. The van der Waals surface area contributed by atoms with Crippen molar-refractivity contribution in [2.75, 3.05) is 0 Å². The van der Waals surface area contributed by atoms with Gasteiger partial charge in [-0.05, 0) is 23.6 Å². The molecule has 0 bridgehead atoms. The second-order valence-electron chi connectivity index (χ2n) is 3.96. The first-order valence-corrected chi connectivity index (χ1v) is 7.35. The molecule has 19 heavy (non-hydrogen) atoms. The Morgan fingerprint density at radius 1 is 1.05 bits per heavy atom. The van der Waals surface area contributed by atoms with Crippen LogP contribution < -0.4 is 0 Å². The van der Waals surface area contributed by atoms with Crippen LogP contribution in [0, 0.1) is 0 Å². The van der Waals surface area contributed by atoms with E-state index in [1.165, 1.54) is 16.2 Å². The van der Waals surface area contributed by atoms with Gasteiger partial charge >= 0.3 is 0 Å². The highest BCUT2D eigenvalue weighted by Gasteiger charge is 2.37. The fourth-order valence-corrected chi connectivity index (χ4v) is 3.38. The second kappa shape index (κ2) is 4.75. The highest BCUT2D eigenvalue weighted by atomic mass is 79.9. The number of thiophene rings is 1. The first-order valence-electron chi connectivity index (χ1n) is 5.56. The van der Waals surface area contributed by atoms with Crippen LogP contribution in [0.1, 0.15) is 25.6 Å². The number of carbonyl (C=O) groups excluding carboxylic acids is 2. The maximum atomic E-state index is 12.4. The molecule has 1 aliphatic heterocycles. The number of nitrogens with zero attached hydrogens (tertiary/aromatic N) is 1. The van der Waals surface area contributed by atoms with E-state index in [0.29, 0.717) is 16.8 Å². The molecule has 5 heteroatoms. The Balaban J connectivity index is 2.09. The number of halogens is 1. The largest absolute Gasteiger partial charge is 0.268 e. The molecule has 2 aromatic rings. The summed E-state index contributed by atoms with van der Waals surface area (Å²) >= 11 is 4.73. The molecule has 0 saturated heterocycles. The molecular weight excluding hydrogens is 326 g/mol. The van der Waals surface area contributed by atoms with Crippen molar-refractivity contribution in [3.05, 3.63) is 62.8 Å². The lowest BCUT2D eigenvalue weighted by atomic mass is 10.1. The van der Waals surface area contributed by atoms with Gasteiger partial charge in [0.1, 0.15) is 0 Å². The van der Waals surface area contributed by atoms with Gasteiger partial charge in [-0.3, -0.25) is 9.59 Å². The van der Waals surface area contributed by atoms with E-state index in [9.17, 15) is 9.59 Å². The van der Waals surface area contributed by atoms with Gasteiger partial charge in [-0.2, -0.15) is 0 Å². The van der Waals surface area contributed by atoms with Gasteiger partial charge in [0.25, 0.3) is 11.8 Å². The van der Waals surface area contributed by atoms with E-state index in [2.05, 4.69) is 15.9 Å². The Morgan fingerprint density at radius 2 is 1.68 bits per heavy atom. The SMILES string of the molecule is O=C1c2ccccc2C(=O)N1/C(=C\Br)c1cccs1. The molecule has 0 radical (unpaired) electrons. The third kappa shape index (κ3) is 1.86.